The molecule has 1 aromatic heterocycles. The lowest BCUT2D eigenvalue weighted by Crippen LogP contribution is -2.59. The number of rotatable bonds is 10. The quantitative estimate of drug-likeness (QED) is 0.247. The zero-order valence-electron chi connectivity index (χ0n) is 34.2. The Morgan fingerprint density at radius 1 is 1.05 bits per heavy atom. The van der Waals surface area contributed by atoms with Gasteiger partial charge in [0.05, 0.1) is 17.9 Å². The number of allylic oxidation sites excluding steroid dienone is 1. The third-order valence-electron chi connectivity index (χ3n) is 13.5. The largest absolute Gasteiger partial charge is 0.478 e. The molecule has 4 saturated carbocycles. The van der Waals surface area contributed by atoms with Gasteiger partial charge in [-0.25, -0.2) is 13.2 Å². The van der Waals surface area contributed by atoms with E-state index in [0.29, 0.717) is 65.8 Å². The Labute approximate surface area is 350 Å². The minimum atomic E-state index is -4.01. The maximum absolute atomic E-state index is 15.0. The fourth-order valence-corrected chi connectivity index (χ4v) is 10.9. The number of halogens is 1. The summed E-state index contributed by atoms with van der Waals surface area (Å²) in [6.07, 6.45) is 8.93. The first kappa shape index (κ1) is 41.6. The van der Waals surface area contributed by atoms with Crippen LogP contribution < -0.4 is 24.8 Å². The molecule has 3 N–H and O–H groups in total. The topological polar surface area (TPSA) is 182 Å². The lowest BCUT2D eigenvalue weighted by atomic mass is 9.88. The highest BCUT2D eigenvalue weighted by molar-refractivity contribution is 7.91. The Morgan fingerprint density at radius 2 is 1.81 bits per heavy atom. The third kappa shape index (κ3) is 8.60. The molecule has 6 aliphatic rings. The smallest absolute Gasteiger partial charge is 0.408 e. The monoisotopic (exact) mass is 853 g/mol. The molecule has 4 amide bonds. The maximum Gasteiger partial charge on any atom is 0.408 e. The normalized spacial score (nSPS) is 34.2. The Kier molecular flexibility index (Phi) is 11.3. The van der Waals surface area contributed by atoms with E-state index in [2.05, 4.69) is 27.3 Å². The molecule has 10 atom stereocenters. The van der Waals surface area contributed by atoms with Gasteiger partial charge >= 0.3 is 6.09 Å². The van der Waals surface area contributed by atoms with Crippen LogP contribution in [0.1, 0.15) is 98.3 Å². The molecule has 0 spiro atoms. The van der Waals surface area contributed by atoms with Crippen molar-refractivity contribution >= 4 is 56.2 Å². The van der Waals surface area contributed by atoms with E-state index in [1.54, 1.807) is 25.1 Å². The summed E-state index contributed by atoms with van der Waals surface area (Å²) in [5.41, 5.74) is -1.54. The number of aromatic nitrogens is 1. The van der Waals surface area contributed by atoms with Gasteiger partial charge in [0.1, 0.15) is 29.8 Å². The molecule has 1 aromatic carbocycles. The lowest BCUT2D eigenvalue weighted by molar-refractivity contribution is -0.142. The first-order chi connectivity index (χ1) is 28.1. The molecule has 0 bridgehead atoms. The number of benzene rings is 1. The Hall–Kier alpha value is -4.11. The van der Waals surface area contributed by atoms with Crippen LogP contribution in [0.15, 0.2) is 36.4 Å². The second-order valence-corrected chi connectivity index (χ2v) is 20.9. The molecule has 0 radical (unpaired) electrons. The van der Waals surface area contributed by atoms with Crippen LogP contribution in [0.4, 0.5) is 4.79 Å². The number of nitrogens with zero attached hydrogens (tertiary/aromatic N) is 2. The first-order valence-corrected chi connectivity index (χ1v) is 23.2. The summed E-state index contributed by atoms with van der Waals surface area (Å²) in [6, 6.07) is 4.92. The third-order valence-corrected chi connectivity index (χ3v) is 16.0. The van der Waals surface area contributed by atoms with Gasteiger partial charge in [-0.15, -0.1) is 0 Å². The number of sulfonamides is 1. The van der Waals surface area contributed by atoms with Gasteiger partial charge in [-0.2, -0.15) is 4.98 Å². The van der Waals surface area contributed by atoms with Crippen LogP contribution in [0.2, 0.25) is 5.02 Å². The number of nitrogens with one attached hydrogen (secondary N) is 3. The predicted molar refractivity (Wildman–Crippen MR) is 220 cm³/mol. The SMILES string of the molecule is CCCOc1cc2c(Cl)cccc2c(O[C@@H]2C[C@H]3C(=O)N[C@]4(C(=O)NS(=O)(=O)C5(C)CC5)C[C@H]4/C=C\CC[C@@H](C)C[C@@H](C)[C@H](NC(=O)OC4CC5C[C@H]5C4)C(=O)N3C2)n1. The predicted octanol–water partition coefficient (Wildman–Crippen LogP) is 5.80. The van der Waals surface area contributed by atoms with Crippen molar-refractivity contribution in [1.82, 2.24) is 25.2 Å². The molecule has 8 rings (SSSR count). The van der Waals surface area contributed by atoms with Crippen molar-refractivity contribution < 1.29 is 41.8 Å². The van der Waals surface area contributed by atoms with E-state index in [9.17, 15) is 27.6 Å². The first-order valence-electron chi connectivity index (χ1n) is 21.3. The molecule has 14 nitrogen and oxygen atoms in total. The minimum absolute atomic E-state index is 0.0166. The van der Waals surface area contributed by atoms with Crippen molar-refractivity contribution in [2.75, 3.05) is 13.2 Å². The van der Waals surface area contributed by atoms with E-state index in [0.717, 1.165) is 25.7 Å². The van der Waals surface area contributed by atoms with Crippen molar-refractivity contribution in [2.45, 2.75) is 133 Å². The van der Waals surface area contributed by atoms with E-state index in [4.69, 9.17) is 25.8 Å². The number of hydrogen-bond donors (Lipinski definition) is 3. The van der Waals surface area contributed by atoms with E-state index in [-0.39, 0.29) is 43.2 Å². The highest BCUT2D eigenvalue weighted by Gasteiger charge is 2.63. The highest BCUT2D eigenvalue weighted by Crippen LogP contribution is 2.52. The summed E-state index contributed by atoms with van der Waals surface area (Å²) in [5, 5.41) is 7.59. The molecule has 2 aromatic rings. The molecule has 1 saturated heterocycles. The highest BCUT2D eigenvalue weighted by atomic mass is 35.5. The summed E-state index contributed by atoms with van der Waals surface area (Å²) >= 11 is 6.62. The van der Waals surface area contributed by atoms with Gasteiger partial charge in [0, 0.05) is 34.2 Å². The minimum Gasteiger partial charge on any atom is -0.478 e. The number of ether oxygens (including phenoxy) is 3. The van der Waals surface area contributed by atoms with E-state index in [1.165, 1.54) is 11.3 Å². The van der Waals surface area contributed by atoms with Crippen LogP contribution in [-0.4, -0.2) is 89.8 Å². The standard InChI is InChI=1S/C43H56ClN5O9S/c1-5-15-56-35-21-32-31(11-8-12-33(32)44)38(45-35)57-30-20-34-37(50)47-43(40(52)48-59(54,55)42(4)13-14-42)22-28(43)10-7-6-9-24(2)16-25(3)36(39(51)49(34)23-30)46-41(53)58-29-18-26-17-27(26)19-29/h7-8,10-12,21,24-30,34,36H,5-6,9,13-20,22-23H2,1-4H3,(H,46,53)(H,47,50)(H,48,52)/b10-7-/t24-,25-,26+,27?,28-,29?,30-,34+,36+,43-/m1/s1. The van der Waals surface area contributed by atoms with Crippen molar-refractivity contribution in [3.05, 3.63) is 41.4 Å². The summed E-state index contributed by atoms with van der Waals surface area (Å²) in [6.45, 7) is 7.97. The second-order valence-electron chi connectivity index (χ2n) is 18.3. The summed E-state index contributed by atoms with van der Waals surface area (Å²) < 4.78 is 46.1. The van der Waals surface area contributed by atoms with Gasteiger partial charge < -0.3 is 29.7 Å². The van der Waals surface area contributed by atoms with Gasteiger partial charge in [-0.05, 0) is 107 Å². The summed E-state index contributed by atoms with van der Waals surface area (Å²) in [7, 11) is -4.01. The molecule has 5 fully saturated rings. The van der Waals surface area contributed by atoms with Crippen LogP contribution in [0.25, 0.3) is 10.8 Å². The summed E-state index contributed by atoms with van der Waals surface area (Å²) in [5.74, 6) is -0.826. The van der Waals surface area contributed by atoms with E-state index < -0.39 is 68.2 Å². The average Bonchev–Trinajstić information content (AvgIpc) is 4.14. The lowest BCUT2D eigenvalue weighted by Gasteiger charge is -2.33. The zero-order valence-corrected chi connectivity index (χ0v) is 35.8. The molecule has 4 aliphatic carbocycles. The van der Waals surface area contributed by atoms with Gasteiger partial charge in [0.2, 0.25) is 33.6 Å². The van der Waals surface area contributed by atoms with Crippen LogP contribution in [0.3, 0.4) is 0 Å². The van der Waals surface area contributed by atoms with Crippen LogP contribution in [0, 0.1) is 29.6 Å². The number of alkyl carbamates (subject to hydrolysis) is 1. The fourth-order valence-electron chi connectivity index (χ4n) is 9.38. The molecule has 2 unspecified atom stereocenters. The Morgan fingerprint density at radius 3 is 2.54 bits per heavy atom. The Balaban J connectivity index is 1.12. The Bertz CT molecular complexity index is 2140. The number of carbonyl (C=O) groups excluding carboxylic acids is 4. The number of pyridine rings is 1. The fraction of sp³-hybridized carbons (Fsp3) is 0.651. The van der Waals surface area contributed by atoms with Gasteiger partial charge in [0.25, 0.3) is 5.91 Å². The van der Waals surface area contributed by atoms with Crippen LogP contribution in [-0.2, 0) is 29.1 Å². The van der Waals surface area contributed by atoms with Crippen molar-refractivity contribution in [2.24, 2.45) is 29.6 Å². The molecule has 320 valence electrons. The number of hydrogen-bond acceptors (Lipinski definition) is 10. The van der Waals surface area contributed by atoms with E-state index in [1.807, 2.05) is 32.1 Å². The average molecular weight is 854 g/mol. The van der Waals surface area contributed by atoms with Gasteiger partial charge in [-0.3, -0.25) is 19.1 Å². The van der Waals surface area contributed by atoms with Crippen LogP contribution >= 0.6 is 11.6 Å². The van der Waals surface area contributed by atoms with Crippen molar-refractivity contribution in [1.29, 1.82) is 0 Å². The second kappa shape index (κ2) is 16.1. The molecular weight excluding hydrogens is 798 g/mol. The van der Waals surface area contributed by atoms with Gasteiger partial charge in [0.15, 0.2) is 0 Å². The number of amides is 4. The zero-order chi connectivity index (χ0) is 41.9. The van der Waals surface area contributed by atoms with Crippen molar-refractivity contribution in [3.8, 4) is 11.8 Å². The van der Waals surface area contributed by atoms with Crippen molar-refractivity contribution in [3.63, 3.8) is 0 Å². The molecule has 3 heterocycles. The molecular formula is C43H56ClN5O9S. The number of fused-ring (bicyclic) bond motifs is 4. The summed E-state index contributed by atoms with van der Waals surface area (Å²) in [4.78, 5) is 63.3. The molecule has 59 heavy (non-hydrogen) atoms. The maximum atomic E-state index is 15.0. The number of carbonyl (C=O) groups is 4. The molecule has 16 heteroatoms. The molecule has 2 aliphatic heterocycles. The van der Waals surface area contributed by atoms with Gasteiger partial charge in [-0.1, -0.05) is 50.6 Å². The van der Waals surface area contributed by atoms with Crippen LogP contribution in [0.5, 0.6) is 11.8 Å². The van der Waals surface area contributed by atoms with E-state index >= 15 is 0 Å².